The number of piperidine rings is 1. The van der Waals surface area contributed by atoms with Crippen LogP contribution in [0.3, 0.4) is 0 Å². The fourth-order valence-corrected chi connectivity index (χ4v) is 7.63. The molecule has 0 aromatic heterocycles. The maximum atomic E-state index is 14.5. The van der Waals surface area contributed by atoms with Gasteiger partial charge in [0, 0.05) is 49.1 Å². The van der Waals surface area contributed by atoms with E-state index in [0.717, 1.165) is 11.1 Å². The van der Waals surface area contributed by atoms with Gasteiger partial charge in [-0.25, -0.2) is 12.7 Å². The van der Waals surface area contributed by atoms with Crippen LogP contribution < -0.4 is 0 Å². The van der Waals surface area contributed by atoms with E-state index in [1.165, 1.54) is 4.31 Å². The molecular formula is C29H36Cl2N2O4S. The fourth-order valence-electron chi connectivity index (χ4n) is 5.69. The molecule has 1 heterocycles. The Hall–Kier alpha value is -1.90. The van der Waals surface area contributed by atoms with Gasteiger partial charge in [0.15, 0.2) is 5.60 Å². The van der Waals surface area contributed by atoms with Gasteiger partial charge >= 0.3 is 0 Å². The van der Waals surface area contributed by atoms with Gasteiger partial charge in [0.05, 0.1) is 11.3 Å². The van der Waals surface area contributed by atoms with Gasteiger partial charge in [0.2, 0.25) is 10.0 Å². The summed E-state index contributed by atoms with van der Waals surface area (Å²) in [6.45, 7) is 6.09. The summed E-state index contributed by atoms with van der Waals surface area (Å²) in [6, 6.07) is 14.4. The Morgan fingerprint density at radius 2 is 1.84 bits per heavy atom. The molecule has 38 heavy (non-hydrogen) atoms. The topological polar surface area (TPSA) is 66.9 Å². The summed E-state index contributed by atoms with van der Waals surface area (Å²) >= 11 is 12.7. The average Bonchev–Trinajstić information content (AvgIpc) is 3.75. The van der Waals surface area contributed by atoms with Crippen molar-refractivity contribution in [2.75, 3.05) is 20.7 Å². The lowest BCUT2D eigenvalue weighted by Crippen LogP contribution is -2.62. The molecule has 0 bridgehead atoms. The summed E-state index contributed by atoms with van der Waals surface area (Å²) in [4.78, 5) is 16.3. The van der Waals surface area contributed by atoms with E-state index in [2.05, 4.69) is 6.58 Å². The number of sulfonamides is 1. The molecule has 1 unspecified atom stereocenters. The minimum absolute atomic E-state index is 0.165. The number of methoxy groups -OCH3 is 1. The number of carbonyl (C=O) groups is 1. The highest BCUT2D eigenvalue weighted by atomic mass is 35.5. The molecule has 2 aromatic rings. The van der Waals surface area contributed by atoms with Gasteiger partial charge in [-0.15, -0.1) is 6.58 Å². The van der Waals surface area contributed by atoms with Gasteiger partial charge < -0.3 is 9.64 Å². The van der Waals surface area contributed by atoms with E-state index in [9.17, 15) is 13.2 Å². The molecule has 6 nitrogen and oxygen atoms in total. The van der Waals surface area contributed by atoms with Crippen LogP contribution in [0.2, 0.25) is 10.0 Å². The van der Waals surface area contributed by atoms with Crippen molar-refractivity contribution in [3.8, 4) is 0 Å². The zero-order chi connectivity index (χ0) is 27.7. The number of halogens is 2. The number of amides is 1. The Kier molecular flexibility index (Phi) is 8.95. The number of rotatable bonds is 11. The van der Waals surface area contributed by atoms with E-state index in [-0.39, 0.29) is 35.7 Å². The number of benzene rings is 2. The summed E-state index contributed by atoms with van der Waals surface area (Å²) in [6.07, 6.45) is 4.39. The number of likely N-dealkylation sites (N-methyl/N-ethyl adjacent to an activating group) is 1. The van der Waals surface area contributed by atoms with Gasteiger partial charge in [-0.2, -0.15) is 0 Å². The lowest BCUT2D eigenvalue weighted by Gasteiger charge is -2.52. The Morgan fingerprint density at radius 3 is 2.39 bits per heavy atom. The third-order valence-electron chi connectivity index (χ3n) is 7.92. The van der Waals surface area contributed by atoms with Crippen molar-refractivity contribution in [2.45, 2.75) is 67.9 Å². The van der Waals surface area contributed by atoms with Crippen molar-refractivity contribution in [3.63, 3.8) is 0 Å². The van der Waals surface area contributed by atoms with Crippen molar-refractivity contribution in [1.82, 2.24) is 9.21 Å². The third kappa shape index (κ3) is 5.68. The second-order valence-corrected chi connectivity index (χ2v) is 13.5. The van der Waals surface area contributed by atoms with E-state index < -0.39 is 15.6 Å². The van der Waals surface area contributed by atoms with Crippen LogP contribution in [0.1, 0.15) is 62.1 Å². The number of hydrogen-bond donors (Lipinski definition) is 0. The molecule has 4 atom stereocenters. The van der Waals surface area contributed by atoms with Gasteiger partial charge in [0.1, 0.15) is 0 Å². The normalized spacial score (nSPS) is 25.0. The zero-order valence-corrected chi connectivity index (χ0v) is 24.5. The first-order valence-corrected chi connectivity index (χ1v) is 15.3. The molecule has 0 N–H and O–H groups in total. The third-order valence-corrected chi connectivity index (χ3v) is 10.7. The van der Waals surface area contributed by atoms with Gasteiger partial charge in [-0.3, -0.25) is 4.79 Å². The second-order valence-electron chi connectivity index (χ2n) is 10.4. The summed E-state index contributed by atoms with van der Waals surface area (Å²) in [5.74, 6) is -0.339. The summed E-state index contributed by atoms with van der Waals surface area (Å²) in [5, 5.41) is 0.879. The largest absolute Gasteiger partial charge is 0.368 e. The lowest BCUT2D eigenvalue weighted by molar-refractivity contribution is -0.172. The quantitative estimate of drug-likeness (QED) is 0.297. The molecular weight excluding hydrogens is 543 g/mol. The lowest BCUT2D eigenvalue weighted by atomic mass is 9.72. The molecule has 1 aliphatic heterocycles. The van der Waals surface area contributed by atoms with Crippen molar-refractivity contribution >= 4 is 39.1 Å². The Balaban J connectivity index is 1.87. The molecule has 9 heteroatoms. The van der Waals surface area contributed by atoms with Crippen LogP contribution in [-0.2, 0) is 19.6 Å². The highest BCUT2D eigenvalue weighted by molar-refractivity contribution is 7.90. The fraction of sp³-hybridized carbons (Fsp3) is 0.483. The number of likely N-dealkylation sites (tertiary alicyclic amines) is 1. The summed E-state index contributed by atoms with van der Waals surface area (Å²) in [7, 11) is -0.245. The first-order chi connectivity index (χ1) is 18.1. The maximum absolute atomic E-state index is 14.5. The summed E-state index contributed by atoms with van der Waals surface area (Å²) in [5.41, 5.74) is 0.760. The van der Waals surface area contributed by atoms with Crippen LogP contribution in [0, 0.1) is 0 Å². The standard InChI is InChI=1S/C29H36Cl2N2O4S/c1-5-16-29(37-4)18-26(21-8-7-9-23(31)17-21)27(20-10-12-22(30)13-11-20)33(28(29)34)24(6-2)19-32(3)38(35,36)25-14-15-25/h5,7-13,17,24-27H,1,6,14-16,18-19H2,2-4H3/t24?,26-,27-,29-/m1/s1. The Labute approximate surface area is 236 Å². The van der Waals surface area contributed by atoms with Gasteiger partial charge in [0.25, 0.3) is 5.91 Å². The molecule has 2 fully saturated rings. The number of ether oxygens (including phenoxy) is 1. The molecule has 1 amide bonds. The molecule has 4 rings (SSSR count). The number of nitrogens with zero attached hydrogens (tertiary/aromatic N) is 2. The minimum Gasteiger partial charge on any atom is -0.368 e. The van der Waals surface area contributed by atoms with E-state index in [4.69, 9.17) is 27.9 Å². The average molecular weight is 580 g/mol. The van der Waals surface area contributed by atoms with Crippen molar-refractivity contribution in [1.29, 1.82) is 0 Å². The first kappa shape index (κ1) is 29.1. The molecule has 0 spiro atoms. The highest BCUT2D eigenvalue weighted by Crippen LogP contribution is 2.50. The van der Waals surface area contributed by atoms with Gasteiger partial charge in [-0.1, -0.05) is 60.5 Å². The predicted octanol–water partition coefficient (Wildman–Crippen LogP) is 6.21. The molecule has 2 aliphatic rings. The number of carbonyl (C=O) groups excluding carboxylic acids is 1. The van der Waals surface area contributed by atoms with Crippen LogP contribution >= 0.6 is 23.2 Å². The molecule has 0 radical (unpaired) electrons. The molecule has 2 aromatic carbocycles. The van der Waals surface area contributed by atoms with Crippen LogP contribution in [0.5, 0.6) is 0 Å². The van der Waals surface area contributed by atoms with E-state index >= 15 is 0 Å². The second kappa shape index (κ2) is 11.7. The van der Waals surface area contributed by atoms with Crippen LogP contribution in [0.4, 0.5) is 0 Å². The zero-order valence-electron chi connectivity index (χ0n) is 22.1. The Morgan fingerprint density at radius 1 is 1.16 bits per heavy atom. The van der Waals surface area contributed by atoms with Crippen LogP contribution in [0.25, 0.3) is 0 Å². The van der Waals surface area contributed by atoms with E-state index in [0.29, 0.717) is 42.1 Å². The minimum atomic E-state index is -3.42. The molecule has 1 aliphatic carbocycles. The van der Waals surface area contributed by atoms with Crippen LogP contribution in [0.15, 0.2) is 61.2 Å². The van der Waals surface area contributed by atoms with E-state index in [1.807, 2.05) is 60.4 Å². The van der Waals surface area contributed by atoms with Crippen molar-refractivity contribution in [2.24, 2.45) is 0 Å². The van der Waals surface area contributed by atoms with Crippen LogP contribution in [-0.4, -0.2) is 61.1 Å². The highest BCUT2D eigenvalue weighted by Gasteiger charge is 2.54. The van der Waals surface area contributed by atoms with Crippen molar-refractivity contribution < 1.29 is 17.9 Å². The monoisotopic (exact) mass is 578 g/mol. The first-order valence-electron chi connectivity index (χ1n) is 13.0. The Bertz CT molecular complexity index is 1270. The maximum Gasteiger partial charge on any atom is 0.255 e. The number of hydrogen-bond acceptors (Lipinski definition) is 4. The van der Waals surface area contributed by atoms with Gasteiger partial charge in [-0.05, 0) is 61.1 Å². The molecule has 1 saturated carbocycles. The summed E-state index contributed by atoms with van der Waals surface area (Å²) < 4.78 is 33.6. The SMILES string of the molecule is C=CC[C@@]1(OC)C[C@H](c2cccc(Cl)c2)[C@@H](c2ccc(Cl)cc2)N(C(CC)CN(C)S(=O)(=O)C2CC2)C1=O. The van der Waals surface area contributed by atoms with E-state index in [1.54, 1.807) is 20.2 Å². The predicted molar refractivity (Wildman–Crippen MR) is 153 cm³/mol. The molecule has 1 saturated heterocycles. The smallest absolute Gasteiger partial charge is 0.255 e. The molecule has 206 valence electrons. The van der Waals surface area contributed by atoms with Crippen molar-refractivity contribution in [3.05, 3.63) is 82.4 Å².